The molecular formula is C15H14N2O. The van der Waals surface area contributed by atoms with Gasteiger partial charge in [0.15, 0.2) is 0 Å². The molecule has 0 spiro atoms. The van der Waals surface area contributed by atoms with Gasteiger partial charge < -0.3 is 0 Å². The average Bonchev–Trinajstić information content (AvgIpc) is 2.83. The first-order valence-corrected chi connectivity index (χ1v) is 6.01. The van der Waals surface area contributed by atoms with E-state index in [4.69, 9.17) is 0 Å². The Morgan fingerprint density at radius 3 is 1.94 bits per heavy atom. The van der Waals surface area contributed by atoms with Gasteiger partial charge in [0.1, 0.15) is 0 Å². The summed E-state index contributed by atoms with van der Waals surface area (Å²) in [4.78, 5) is 12.0. The summed E-state index contributed by atoms with van der Waals surface area (Å²) in [5.41, 5.74) is 7.95. The van der Waals surface area contributed by atoms with E-state index in [0.717, 1.165) is 11.1 Å². The minimum atomic E-state index is -0.173. The third kappa shape index (κ3) is 1.89. The first-order chi connectivity index (χ1) is 8.86. The lowest BCUT2D eigenvalue weighted by Gasteiger charge is -2.17. The third-order valence-electron chi connectivity index (χ3n) is 3.28. The molecule has 3 heteroatoms. The molecule has 1 aliphatic rings. The van der Waals surface area contributed by atoms with Crippen LogP contribution in [0, 0.1) is 0 Å². The first-order valence-electron chi connectivity index (χ1n) is 6.01. The molecule has 0 aliphatic carbocycles. The van der Waals surface area contributed by atoms with Crippen LogP contribution in [0.2, 0.25) is 0 Å². The summed E-state index contributed by atoms with van der Waals surface area (Å²) in [5, 5.41) is 0. The molecular weight excluding hydrogens is 224 g/mol. The first kappa shape index (κ1) is 11.0. The maximum Gasteiger partial charge on any atom is 0.243 e. The van der Waals surface area contributed by atoms with Crippen molar-refractivity contribution >= 4 is 5.91 Å². The summed E-state index contributed by atoms with van der Waals surface area (Å²) in [5.74, 6) is -0.149. The molecule has 2 aromatic rings. The van der Waals surface area contributed by atoms with Crippen LogP contribution in [-0.4, -0.2) is 5.91 Å². The summed E-state index contributed by atoms with van der Waals surface area (Å²) in [6.07, 6.45) is 0. The van der Waals surface area contributed by atoms with Crippen molar-refractivity contribution in [3.8, 4) is 0 Å². The van der Waals surface area contributed by atoms with Crippen LogP contribution in [-0.2, 0) is 4.79 Å². The molecule has 2 atom stereocenters. The fourth-order valence-electron chi connectivity index (χ4n) is 2.40. The highest BCUT2D eigenvalue weighted by Crippen LogP contribution is 2.33. The number of hydrogen-bond donors (Lipinski definition) is 2. The van der Waals surface area contributed by atoms with Crippen molar-refractivity contribution in [2.24, 2.45) is 0 Å². The Balaban J connectivity index is 1.98. The Morgan fingerprint density at radius 2 is 1.33 bits per heavy atom. The van der Waals surface area contributed by atoms with Gasteiger partial charge in [-0.25, -0.2) is 5.43 Å². The van der Waals surface area contributed by atoms with E-state index in [1.165, 1.54) is 0 Å². The molecule has 2 aromatic carbocycles. The number of amides is 1. The molecule has 2 N–H and O–H groups in total. The van der Waals surface area contributed by atoms with Gasteiger partial charge in [0.2, 0.25) is 5.91 Å². The smallest absolute Gasteiger partial charge is 0.243 e. The summed E-state index contributed by atoms with van der Waals surface area (Å²) >= 11 is 0. The van der Waals surface area contributed by atoms with E-state index in [0.29, 0.717) is 0 Å². The van der Waals surface area contributed by atoms with Crippen LogP contribution >= 0.6 is 0 Å². The fraction of sp³-hybridized carbons (Fsp3) is 0.133. The zero-order valence-electron chi connectivity index (χ0n) is 9.84. The van der Waals surface area contributed by atoms with Gasteiger partial charge in [-0.15, -0.1) is 0 Å². The molecule has 0 aromatic heterocycles. The molecule has 2 unspecified atom stereocenters. The lowest BCUT2D eigenvalue weighted by Crippen LogP contribution is -2.27. The molecule has 1 heterocycles. The van der Waals surface area contributed by atoms with Gasteiger partial charge in [0.05, 0.1) is 12.0 Å². The molecule has 3 rings (SSSR count). The Kier molecular flexibility index (Phi) is 2.82. The van der Waals surface area contributed by atoms with Gasteiger partial charge >= 0.3 is 0 Å². The van der Waals surface area contributed by atoms with E-state index in [9.17, 15) is 4.79 Å². The SMILES string of the molecule is O=C1NNC(c2ccccc2)C1c1ccccc1. The summed E-state index contributed by atoms with van der Waals surface area (Å²) in [6.45, 7) is 0. The predicted molar refractivity (Wildman–Crippen MR) is 69.6 cm³/mol. The monoisotopic (exact) mass is 238 g/mol. The minimum absolute atomic E-state index is 0.0129. The average molecular weight is 238 g/mol. The fourth-order valence-corrected chi connectivity index (χ4v) is 2.40. The Hall–Kier alpha value is -2.13. The molecule has 3 nitrogen and oxygen atoms in total. The molecule has 0 radical (unpaired) electrons. The van der Waals surface area contributed by atoms with Crippen LogP contribution < -0.4 is 10.9 Å². The molecule has 0 bridgehead atoms. The summed E-state index contributed by atoms with van der Waals surface area (Å²) in [6, 6.07) is 19.9. The standard InChI is InChI=1S/C15H14N2O/c18-15-13(11-7-3-1-4-8-11)14(16-17-15)12-9-5-2-6-10-12/h1-10,13-14,16H,(H,17,18). The Labute approximate surface area is 106 Å². The van der Waals surface area contributed by atoms with E-state index in [2.05, 4.69) is 10.9 Å². The number of carbonyl (C=O) groups excluding carboxylic acids is 1. The molecule has 18 heavy (non-hydrogen) atoms. The van der Waals surface area contributed by atoms with Gasteiger partial charge in [-0.3, -0.25) is 10.2 Å². The second-order valence-electron chi connectivity index (χ2n) is 4.41. The highest BCUT2D eigenvalue weighted by atomic mass is 16.2. The van der Waals surface area contributed by atoms with Gasteiger partial charge in [0.25, 0.3) is 0 Å². The van der Waals surface area contributed by atoms with Crippen molar-refractivity contribution < 1.29 is 4.79 Å². The topological polar surface area (TPSA) is 41.1 Å². The Morgan fingerprint density at radius 1 is 0.778 bits per heavy atom. The summed E-state index contributed by atoms with van der Waals surface area (Å²) in [7, 11) is 0. The number of hydrazine groups is 1. The molecule has 1 saturated heterocycles. The zero-order chi connectivity index (χ0) is 12.4. The number of nitrogens with one attached hydrogen (secondary N) is 2. The third-order valence-corrected chi connectivity index (χ3v) is 3.28. The molecule has 1 amide bonds. The van der Waals surface area contributed by atoms with Gasteiger partial charge in [-0.05, 0) is 11.1 Å². The number of carbonyl (C=O) groups is 1. The largest absolute Gasteiger partial charge is 0.290 e. The van der Waals surface area contributed by atoms with Crippen LogP contribution in [0.5, 0.6) is 0 Å². The lowest BCUT2D eigenvalue weighted by atomic mass is 9.88. The van der Waals surface area contributed by atoms with Crippen LogP contribution in [0.15, 0.2) is 60.7 Å². The molecule has 1 aliphatic heterocycles. The number of rotatable bonds is 2. The van der Waals surface area contributed by atoms with Crippen molar-refractivity contribution in [2.45, 2.75) is 12.0 Å². The highest BCUT2D eigenvalue weighted by Gasteiger charge is 2.36. The predicted octanol–water partition coefficient (Wildman–Crippen LogP) is 2.15. The van der Waals surface area contributed by atoms with Crippen molar-refractivity contribution in [3.05, 3.63) is 71.8 Å². The maximum atomic E-state index is 12.0. The number of benzene rings is 2. The molecule has 0 saturated carbocycles. The van der Waals surface area contributed by atoms with E-state index in [-0.39, 0.29) is 17.9 Å². The maximum absolute atomic E-state index is 12.0. The lowest BCUT2D eigenvalue weighted by molar-refractivity contribution is -0.120. The number of hydrogen-bond acceptors (Lipinski definition) is 2. The van der Waals surface area contributed by atoms with E-state index in [1.54, 1.807) is 0 Å². The molecule has 1 fully saturated rings. The quantitative estimate of drug-likeness (QED) is 0.841. The van der Waals surface area contributed by atoms with Gasteiger partial charge in [-0.1, -0.05) is 60.7 Å². The van der Waals surface area contributed by atoms with Crippen LogP contribution in [0.3, 0.4) is 0 Å². The minimum Gasteiger partial charge on any atom is -0.290 e. The van der Waals surface area contributed by atoms with Crippen molar-refractivity contribution in [2.75, 3.05) is 0 Å². The van der Waals surface area contributed by atoms with Crippen LogP contribution in [0.4, 0.5) is 0 Å². The second kappa shape index (κ2) is 4.63. The van der Waals surface area contributed by atoms with E-state index in [1.807, 2.05) is 60.7 Å². The van der Waals surface area contributed by atoms with Gasteiger partial charge in [0, 0.05) is 0 Å². The van der Waals surface area contributed by atoms with E-state index < -0.39 is 0 Å². The van der Waals surface area contributed by atoms with Crippen molar-refractivity contribution in [1.82, 2.24) is 10.9 Å². The normalized spacial score (nSPS) is 22.8. The molecule has 90 valence electrons. The summed E-state index contributed by atoms with van der Waals surface area (Å²) < 4.78 is 0. The van der Waals surface area contributed by atoms with Crippen molar-refractivity contribution in [3.63, 3.8) is 0 Å². The highest BCUT2D eigenvalue weighted by molar-refractivity contribution is 5.86. The van der Waals surface area contributed by atoms with E-state index >= 15 is 0 Å². The Bertz CT molecular complexity index is 539. The van der Waals surface area contributed by atoms with Gasteiger partial charge in [-0.2, -0.15) is 0 Å². The second-order valence-corrected chi connectivity index (χ2v) is 4.41. The zero-order valence-corrected chi connectivity index (χ0v) is 9.84. The van der Waals surface area contributed by atoms with Crippen LogP contribution in [0.1, 0.15) is 23.1 Å². The van der Waals surface area contributed by atoms with Crippen LogP contribution in [0.25, 0.3) is 0 Å². The van der Waals surface area contributed by atoms with Crippen molar-refractivity contribution in [1.29, 1.82) is 0 Å².